The molecule has 0 aliphatic carbocycles. The Labute approximate surface area is 120 Å². The Morgan fingerprint density at radius 1 is 1.15 bits per heavy atom. The van der Waals surface area contributed by atoms with Crippen molar-refractivity contribution in [2.24, 2.45) is 7.05 Å². The number of rotatable bonds is 8. The predicted octanol–water partition coefficient (Wildman–Crippen LogP) is 2.24. The van der Waals surface area contributed by atoms with Gasteiger partial charge < -0.3 is 19.4 Å². The molecule has 2 rings (SSSR count). The van der Waals surface area contributed by atoms with Crippen LogP contribution in [0.3, 0.4) is 0 Å². The van der Waals surface area contributed by atoms with Crippen molar-refractivity contribution in [2.45, 2.75) is 13.5 Å². The normalized spacial score (nSPS) is 11.3. The van der Waals surface area contributed by atoms with Crippen molar-refractivity contribution in [1.82, 2.24) is 9.88 Å². The Kier molecular flexibility index (Phi) is 5.59. The van der Waals surface area contributed by atoms with Gasteiger partial charge in [-0.15, -0.1) is 0 Å². The number of aryl methyl sites for hydroxylation is 2. The first-order valence-corrected chi connectivity index (χ1v) is 7.06. The summed E-state index contributed by atoms with van der Waals surface area (Å²) in [6.07, 6.45) is 0. The zero-order valence-electron chi connectivity index (χ0n) is 12.6. The molecule has 4 heteroatoms. The third-order valence-corrected chi connectivity index (χ3v) is 3.65. The van der Waals surface area contributed by atoms with Gasteiger partial charge in [0.05, 0.1) is 19.8 Å². The van der Waals surface area contributed by atoms with Crippen LogP contribution < -0.4 is 5.32 Å². The molecule has 0 fully saturated rings. The molecule has 1 N–H and O–H groups in total. The molecule has 1 aromatic carbocycles. The van der Waals surface area contributed by atoms with Gasteiger partial charge in [-0.2, -0.15) is 0 Å². The molecule has 0 radical (unpaired) electrons. The summed E-state index contributed by atoms with van der Waals surface area (Å²) in [7, 11) is 3.81. The zero-order valence-corrected chi connectivity index (χ0v) is 12.6. The van der Waals surface area contributed by atoms with Gasteiger partial charge in [-0.05, 0) is 18.6 Å². The molecule has 20 heavy (non-hydrogen) atoms. The SMILES string of the molecule is COCCOCCNCc1c(C)c2ccccc2n1C. The van der Waals surface area contributed by atoms with Gasteiger partial charge in [0.25, 0.3) is 0 Å². The third-order valence-electron chi connectivity index (χ3n) is 3.65. The Morgan fingerprint density at radius 3 is 2.70 bits per heavy atom. The van der Waals surface area contributed by atoms with E-state index in [1.54, 1.807) is 7.11 Å². The van der Waals surface area contributed by atoms with Crippen LogP contribution in [0.2, 0.25) is 0 Å². The lowest BCUT2D eigenvalue weighted by Crippen LogP contribution is -2.21. The van der Waals surface area contributed by atoms with E-state index in [1.165, 1.54) is 22.2 Å². The largest absolute Gasteiger partial charge is 0.382 e. The van der Waals surface area contributed by atoms with Crippen molar-refractivity contribution < 1.29 is 9.47 Å². The van der Waals surface area contributed by atoms with E-state index in [9.17, 15) is 0 Å². The molecule has 0 amide bonds. The highest BCUT2D eigenvalue weighted by atomic mass is 16.5. The predicted molar refractivity (Wildman–Crippen MR) is 82.1 cm³/mol. The van der Waals surface area contributed by atoms with Crippen LogP contribution >= 0.6 is 0 Å². The number of nitrogens with one attached hydrogen (secondary N) is 1. The van der Waals surface area contributed by atoms with Crippen LogP contribution in [0, 0.1) is 6.92 Å². The van der Waals surface area contributed by atoms with Gasteiger partial charge >= 0.3 is 0 Å². The average Bonchev–Trinajstić information content (AvgIpc) is 2.71. The van der Waals surface area contributed by atoms with E-state index in [-0.39, 0.29) is 0 Å². The van der Waals surface area contributed by atoms with Crippen LogP contribution in [0.1, 0.15) is 11.3 Å². The van der Waals surface area contributed by atoms with Gasteiger partial charge in [0.15, 0.2) is 0 Å². The fraction of sp³-hybridized carbons (Fsp3) is 0.500. The van der Waals surface area contributed by atoms with Crippen molar-refractivity contribution in [3.63, 3.8) is 0 Å². The fourth-order valence-corrected chi connectivity index (χ4v) is 2.48. The minimum atomic E-state index is 0.655. The van der Waals surface area contributed by atoms with E-state index in [2.05, 4.69) is 48.1 Å². The number of benzene rings is 1. The summed E-state index contributed by atoms with van der Waals surface area (Å²) in [5.41, 5.74) is 3.98. The Bertz CT molecular complexity index is 510. The Morgan fingerprint density at radius 2 is 1.95 bits per heavy atom. The quantitative estimate of drug-likeness (QED) is 0.751. The maximum absolute atomic E-state index is 5.44. The van der Waals surface area contributed by atoms with E-state index in [1.807, 2.05) is 0 Å². The first-order valence-electron chi connectivity index (χ1n) is 7.06. The molecule has 0 bridgehead atoms. The Hall–Kier alpha value is -1.36. The molecule has 1 aromatic heterocycles. The number of aromatic nitrogens is 1. The number of hydrogen-bond acceptors (Lipinski definition) is 3. The molecular formula is C16H24N2O2. The second-order valence-corrected chi connectivity index (χ2v) is 4.93. The van der Waals surface area contributed by atoms with E-state index in [0.717, 1.165) is 13.1 Å². The fourth-order valence-electron chi connectivity index (χ4n) is 2.48. The summed E-state index contributed by atoms with van der Waals surface area (Å²) < 4.78 is 12.6. The average molecular weight is 276 g/mol. The highest BCUT2D eigenvalue weighted by molar-refractivity contribution is 5.85. The van der Waals surface area contributed by atoms with E-state index in [4.69, 9.17) is 9.47 Å². The van der Waals surface area contributed by atoms with Crippen LogP contribution in [-0.2, 0) is 23.1 Å². The number of hydrogen-bond donors (Lipinski definition) is 1. The lowest BCUT2D eigenvalue weighted by atomic mass is 10.1. The standard InChI is InChI=1S/C16H24N2O2/c1-13-14-6-4-5-7-15(14)18(2)16(13)12-17-8-9-20-11-10-19-3/h4-7,17H,8-12H2,1-3H3. The summed E-state index contributed by atoms with van der Waals surface area (Å²) in [6.45, 7) is 5.93. The lowest BCUT2D eigenvalue weighted by molar-refractivity contribution is 0.0718. The summed E-state index contributed by atoms with van der Waals surface area (Å²) in [5, 5.41) is 4.77. The van der Waals surface area contributed by atoms with Gasteiger partial charge in [-0.25, -0.2) is 0 Å². The number of ether oxygens (including phenoxy) is 2. The first-order chi connectivity index (χ1) is 9.75. The summed E-state index contributed by atoms with van der Waals surface area (Å²) in [4.78, 5) is 0. The molecule has 0 spiro atoms. The van der Waals surface area contributed by atoms with Crippen molar-refractivity contribution in [3.8, 4) is 0 Å². The van der Waals surface area contributed by atoms with E-state index < -0.39 is 0 Å². The molecule has 0 aliphatic heterocycles. The van der Waals surface area contributed by atoms with E-state index in [0.29, 0.717) is 19.8 Å². The lowest BCUT2D eigenvalue weighted by Gasteiger charge is -2.08. The van der Waals surface area contributed by atoms with Crippen molar-refractivity contribution in [3.05, 3.63) is 35.5 Å². The second-order valence-electron chi connectivity index (χ2n) is 4.93. The summed E-state index contributed by atoms with van der Waals surface area (Å²) >= 11 is 0. The maximum atomic E-state index is 5.44. The number of methoxy groups -OCH3 is 1. The van der Waals surface area contributed by atoms with Crippen LogP contribution in [0.4, 0.5) is 0 Å². The topological polar surface area (TPSA) is 35.4 Å². The van der Waals surface area contributed by atoms with Crippen molar-refractivity contribution in [1.29, 1.82) is 0 Å². The van der Waals surface area contributed by atoms with Gasteiger partial charge in [-0.1, -0.05) is 18.2 Å². The zero-order chi connectivity index (χ0) is 14.4. The highest BCUT2D eigenvalue weighted by Gasteiger charge is 2.10. The molecule has 0 atom stereocenters. The van der Waals surface area contributed by atoms with Crippen molar-refractivity contribution >= 4 is 10.9 Å². The van der Waals surface area contributed by atoms with Gasteiger partial charge in [0, 0.05) is 43.8 Å². The monoisotopic (exact) mass is 276 g/mol. The van der Waals surface area contributed by atoms with Crippen LogP contribution in [-0.4, -0.2) is 38.0 Å². The number of fused-ring (bicyclic) bond motifs is 1. The Balaban J connectivity index is 1.87. The first kappa shape index (κ1) is 15.0. The van der Waals surface area contributed by atoms with Gasteiger partial charge in [0.1, 0.15) is 0 Å². The molecule has 1 heterocycles. The summed E-state index contributed by atoms with van der Waals surface area (Å²) in [6, 6.07) is 8.53. The molecule has 0 aliphatic rings. The number of nitrogens with zero attached hydrogens (tertiary/aromatic N) is 1. The van der Waals surface area contributed by atoms with Gasteiger partial charge in [-0.3, -0.25) is 0 Å². The highest BCUT2D eigenvalue weighted by Crippen LogP contribution is 2.23. The van der Waals surface area contributed by atoms with Crippen LogP contribution in [0.5, 0.6) is 0 Å². The minimum Gasteiger partial charge on any atom is -0.382 e. The van der Waals surface area contributed by atoms with Crippen LogP contribution in [0.15, 0.2) is 24.3 Å². The van der Waals surface area contributed by atoms with Crippen LogP contribution in [0.25, 0.3) is 10.9 Å². The minimum absolute atomic E-state index is 0.655. The molecule has 0 saturated carbocycles. The van der Waals surface area contributed by atoms with Gasteiger partial charge in [0.2, 0.25) is 0 Å². The molecule has 2 aromatic rings. The number of para-hydroxylation sites is 1. The molecule has 0 saturated heterocycles. The van der Waals surface area contributed by atoms with E-state index >= 15 is 0 Å². The molecular weight excluding hydrogens is 252 g/mol. The molecule has 4 nitrogen and oxygen atoms in total. The summed E-state index contributed by atoms with van der Waals surface area (Å²) in [5.74, 6) is 0. The third kappa shape index (κ3) is 3.39. The molecule has 110 valence electrons. The maximum Gasteiger partial charge on any atom is 0.0700 e. The second kappa shape index (κ2) is 7.43. The molecule has 0 unspecified atom stereocenters. The van der Waals surface area contributed by atoms with Crippen molar-refractivity contribution in [2.75, 3.05) is 33.5 Å². The smallest absolute Gasteiger partial charge is 0.0700 e.